The maximum absolute atomic E-state index is 13.2. The van der Waals surface area contributed by atoms with Crippen LogP contribution in [-0.4, -0.2) is 30.5 Å². The number of sulfone groups is 1. The summed E-state index contributed by atoms with van der Waals surface area (Å²) in [6, 6.07) is 17.3. The molecule has 0 aromatic heterocycles. The van der Waals surface area contributed by atoms with Gasteiger partial charge in [-0.05, 0) is 31.5 Å². The lowest BCUT2D eigenvalue weighted by Gasteiger charge is -2.31. The van der Waals surface area contributed by atoms with Gasteiger partial charge in [-0.25, -0.2) is 8.42 Å². The molecule has 0 unspecified atom stereocenters. The zero-order chi connectivity index (χ0) is 17.3. The van der Waals surface area contributed by atoms with Crippen molar-refractivity contribution in [3.63, 3.8) is 0 Å². The number of benzene rings is 2. The molecule has 1 heterocycles. The molecule has 0 bridgehead atoms. The first-order valence-electron chi connectivity index (χ1n) is 8.08. The molecule has 0 saturated carbocycles. The van der Waals surface area contributed by atoms with E-state index in [1.54, 1.807) is 35.2 Å². The van der Waals surface area contributed by atoms with E-state index in [4.69, 9.17) is 0 Å². The number of rotatable bonds is 4. The van der Waals surface area contributed by atoms with Gasteiger partial charge in [0, 0.05) is 12.5 Å². The standard InChI is InChI=1S/C19H21NO3S/c1-14(2)20-18(21)13-17(19(20)15-9-5-3-6-10-15)24(22,23)16-11-7-4-8-12-16/h3-12,14,17,19H,13H2,1-2H3/t17-,19+/m0/s1. The van der Waals surface area contributed by atoms with Crippen LogP contribution in [0.3, 0.4) is 0 Å². The smallest absolute Gasteiger partial charge is 0.224 e. The Labute approximate surface area is 143 Å². The van der Waals surface area contributed by atoms with Crippen molar-refractivity contribution in [3.05, 3.63) is 66.2 Å². The van der Waals surface area contributed by atoms with Crippen LogP contribution < -0.4 is 0 Å². The molecule has 1 fully saturated rings. The lowest BCUT2D eigenvalue weighted by atomic mass is 10.0. The highest BCUT2D eigenvalue weighted by atomic mass is 32.2. The first kappa shape index (κ1) is 16.7. The summed E-state index contributed by atoms with van der Waals surface area (Å²) in [6.45, 7) is 3.84. The first-order chi connectivity index (χ1) is 11.4. The van der Waals surface area contributed by atoms with Gasteiger partial charge in [-0.1, -0.05) is 48.5 Å². The zero-order valence-corrected chi connectivity index (χ0v) is 14.6. The third-order valence-electron chi connectivity index (χ3n) is 4.48. The van der Waals surface area contributed by atoms with E-state index in [0.717, 1.165) is 5.56 Å². The van der Waals surface area contributed by atoms with Crippen molar-refractivity contribution in [2.45, 2.75) is 42.5 Å². The lowest BCUT2D eigenvalue weighted by molar-refractivity contribution is -0.130. The Morgan fingerprint density at radius 1 is 0.958 bits per heavy atom. The molecule has 5 heteroatoms. The molecule has 2 atom stereocenters. The van der Waals surface area contributed by atoms with E-state index in [2.05, 4.69) is 0 Å². The van der Waals surface area contributed by atoms with Crippen LogP contribution in [0.2, 0.25) is 0 Å². The monoisotopic (exact) mass is 343 g/mol. The van der Waals surface area contributed by atoms with Crippen molar-refractivity contribution >= 4 is 15.7 Å². The molecular formula is C19H21NO3S. The predicted octanol–water partition coefficient (Wildman–Crippen LogP) is 3.21. The Morgan fingerprint density at radius 3 is 2.04 bits per heavy atom. The topological polar surface area (TPSA) is 54.5 Å². The third kappa shape index (κ3) is 2.84. The molecule has 0 radical (unpaired) electrons. The summed E-state index contributed by atoms with van der Waals surface area (Å²) >= 11 is 0. The number of likely N-dealkylation sites (tertiary alicyclic amines) is 1. The Morgan fingerprint density at radius 2 is 1.50 bits per heavy atom. The molecular weight excluding hydrogens is 322 g/mol. The highest BCUT2D eigenvalue weighted by Gasteiger charge is 2.48. The molecule has 4 nitrogen and oxygen atoms in total. The Bertz CT molecular complexity index is 816. The van der Waals surface area contributed by atoms with Gasteiger partial charge in [-0.2, -0.15) is 0 Å². The van der Waals surface area contributed by atoms with Gasteiger partial charge in [0.2, 0.25) is 5.91 Å². The van der Waals surface area contributed by atoms with Crippen LogP contribution in [0.15, 0.2) is 65.6 Å². The van der Waals surface area contributed by atoms with E-state index in [9.17, 15) is 13.2 Å². The van der Waals surface area contributed by atoms with Crippen molar-refractivity contribution in [1.29, 1.82) is 0 Å². The van der Waals surface area contributed by atoms with Crippen LogP contribution in [-0.2, 0) is 14.6 Å². The van der Waals surface area contributed by atoms with E-state index >= 15 is 0 Å². The van der Waals surface area contributed by atoms with Crippen LogP contribution in [0.25, 0.3) is 0 Å². The summed E-state index contributed by atoms with van der Waals surface area (Å²) < 4.78 is 26.3. The molecule has 2 aromatic rings. The van der Waals surface area contributed by atoms with Crippen LogP contribution in [0.1, 0.15) is 31.9 Å². The van der Waals surface area contributed by atoms with Gasteiger partial charge in [0.25, 0.3) is 0 Å². The van der Waals surface area contributed by atoms with Gasteiger partial charge in [0.05, 0.1) is 16.2 Å². The number of amides is 1. The average molecular weight is 343 g/mol. The van der Waals surface area contributed by atoms with Crippen molar-refractivity contribution in [3.8, 4) is 0 Å². The zero-order valence-electron chi connectivity index (χ0n) is 13.8. The van der Waals surface area contributed by atoms with Crippen LogP contribution in [0.5, 0.6) is 0 Å². The van der Waals surface area contributed by atoms with E-state index in [0.29, 0.717) is 0 Å². The van der Waals surface area contributed by atoms with Crippen molar-refractivity contribution in [2.75, 3.05) is 0 Å². The Hall–Kier alpha value is -2.14. The number of nitrogens with zero attached hydrogens (tertiary/aromatic N) is 1. The molecule has 0 N–H and O–H groups in total. The van der Waals surface area contributed by atoms with Gasteiger partial charge in [0.15, 0.2) is 9.84 Å². The Kier molecular flexibility index (Phi) is 4.45. The normalized spacial score (nSPS) is 21.5. The third-order valence-corrected chi connectivity index (χ3v) is 6.63. The second-order valence-corrected chi connectivity index (χ2v) is 8.52. The minimum atomic E-state index is -3.60. The number of hydrogen-bond donors (Lipinski definition) is 0. The summed E-state index contributed by atoms with van der Waals surface area (Å²) in [6.07, 6.45) is 0.0228. The van der Waals surface area contributed by atoms with Crippen LogP contribution in [0, 0.1) is 0 Å². The highest BCUT2D eigenvalue weighted by molar-refractivity contribution is 7.92. The van der Waals surface area contributed by atoms with E-state index in [1.165, 1.54) is 0 Å². The second-order valence-electron chi connectivity index (χ2n) is 6.35. The molecule has 1 aliphatic rings. The van der Waals surface area contributed by atoms with E-state index < -0.39 is 21.1 Å². The summed E-state index contributed by atoms with van der Waals surface area (Å²) in [4.78, 5) is 14.5. The second kappa shape index (κ2) is 6.40. The maximum Gasteiger partial charge on any atom is 0.224 e. The summed E-state index contributed by atoms with van der Waals surface area (Å²) in [5.74, 6) is -0.108. The van der Waals surface area contributed by atoms with Crippen molar-refractivity contribution in [1.82, 2.24) is 4.90 Å². The van der Waals surface area contributed by atoms with Gasteiger partial charge in [-0.15, -0.1) is 0 Å². The van der Waals surface area contributed by atoms with Crippen LogP contribution in [0.4, 0.5) is 0 Å². The van der Waals surface area contributed by atoms with E-state index in [-0.39, 0.29) is 23.3 Å². The number of carbonyl (C=O) groups is 1. The molecule has 1 amide bonds. The van der Waals surface area contributed by atoms with Crippen LogP contribution >= 0.6 is 0 Å². The van der Waals surface area contributed by atoms with Gasteiger partial charge in [-0.3, -0.25) is 4.79 Å². The van der Waals surface area contributed by atoms with Crippen molar-refractivity contribution in [2.24, 2.45) is 0 Å². The molecule has 126 valence electrons. The largest absolute Gasteiger partial charge is 0.332 e. The molecule has 1 aliphatic heterocycles. The average Bonchev–Trinajstić information content (AvgIpc) is 2.95. The van der Waals surface area contributed by atoms with E-state index in [1.807, 2.05) is 44.2 Å². The molecule has 2 aromatic carbocycles. The fourth-order valence-corrected chi connectivity index (χ4v) is 5.30. The maximum atomic E-state index is 13.2. The quantitative estimate of drug-likeness (QED) is 0.856. The van der Waals surface area contributed by atoms with Gasteiger partial charge >= 0.3 is 0 Å². The van der Waals surface area contributed by atoms with Gasteiger partial charge < -0.3 is 4.90 Å². The first-order valence-corrected chi connectivity index (χ1v) is 9.62. The fourth-order valence-electron chi connectivity index (χ4n) is 3.42. The summed E-state index contributed by atoms with van der Waals surface area (Å²) in [5.41, 5.74) is 0.863. The molecule has 3 rings (SSSR count). The lowest BCUT2D eigenvalue weighted by Crippen LogP contribution is -2.37. The summed E-state index contributed by atoms with van der Waals surface area (Å²) in [5, 5.41) is -0.766. The number of hydrogen-bond acceptors (Lipinski definition) is 3. The Balaban J connectivity index is 2.11. The fraction of sp³-hybridized carbons (Fsp3) is 0.316. The molecule has 0 spiro atoms. The SMILES string of the molecule is CC(C)N1C(=O)C[C@H](S(=O)(=O)c2ccccc2)[C@H]1c1ccccc1. The number of carbonyl (C=O) groups excluding carboxylic acids is 1. The minimum Gasteiger partial charge on any atom is -0.332 e. The minimum absolute atomic E-state index is 0.0228. The van der Waals surface area contributed by atoms with Gasteiger partial charge in [0.1, 0.15) is 0 Å². The highest BCUT2D eigenvalue weighted by Crippen LogP contribution is 2.40. The summed E-state index contributed by atoms with van der Waals surface area (Å²) in [7, 11) is -3.60. The molecule has 0 aliphatic carbocycles. The predicted molar refractivity (Wildman–Crippen MR) is 93.2 cm³/mol. The van der Waals surface area contributed by atoms with Crippen molar-refractivity contribution < 1.29 is 13.2 Å². The molecule has 1 saturated heterocycles. The molecule has 24 heavy (non-hydrogen) atoms.